The van der Waals surface area contributed by atoms with Gasteiger partial charge in [-0.2, -0.15) is 0 Å². The van der Waals surface area contributed by atoms with E-state index in [9.17, 15) is 0 Å². The standard InChI is InChI=1S/C15H13N4P/c1-2-10-17(9-1)20(18-11-3-4-12-18)19-13-7-14-6-5-8-16-15(14)19/h1-13H. The topological polar surface area (TPSA) is 27.7 Å². The molecule has 0 saturated heterocycles. The first-order chi connectivity index (χ1) is 9.93. The zero-order valence-electron chi connectivity index (χ0n) is 10.7. The van der Waals surface area contributed by atoms with Crippen LogP contribution in [0.15, 0.2) is 79.6 Å². The summed E-state index contributed by atoms with van der Waals surface area (Å²) in [5, 5.41) is 1.17. The minimum absolute atomic E-state index is 0.747. The molecule has 0 bridgehead atoms. The molecule has 4 heterocycles. The van der Waals surface area contributed by atoms with Gasteiger partial charge in [-0.3, -0.25) is 13.0 Å². The lowest BCUT2D eigenvalue weighted by Gasteiger charge is -2.21. The molecule has 0 unspecified atom stereocenters. The second-order valence-electron chi connectivity index (χ2n) is 4.47. The molecule has 5 heteroatoms. The minimum Gasteiger partial charge on any atom is -0.298 e. The van der Waals surface area contributed by atoms with Crippen molar-refractivity contribution < 1.29 is 0 Å². The van der Waals surface area contributed by atoms with E-state index in [1.54, 1.807) is 0 Å². The van der Waals surface area contributed by atoms with E-state index in [2.05, 4.69) is 85.4 Å². The van der Waals surface area contributed by atoms with Crippen molar-refractivity contribution in [2.24, 2.45) is 0 Å². The number of nitrogens with zero attached hydrogens (tertiary/aromatic N) is 4. The summed E-state index contributed by atoms with van der Waals surface area (Å²) in [7, 11) is -0.747. The van der Waals surface area contributed by atoms with Gasteiger partial charge >= 0.3 is 0 Å². The second-order valence-corrected chi connectivity index (χ2v) is 6.36. The summed E-state index contributed by atoms with van der Waals surface area (Å²) in [5.74, 6) is 0. The van der Waals surface area contributed by atoms with Crippen molar-refractivity contribution in [2.75, 3.05) is 0 Å². The van der Waals surface area contributed by atoms with E-state index < -0.39 is 8.37 Å². The molecule has 4 aromatic heterocycles. The molecule has 4 nitrogen and oxygen atoms in total. The Morgan fingerprint density at radius 3 is 2.05 bits per heavy atom. The Morgan fingerprint density at radius 2 is 1.40 bits per heavy atom. The molecule has 0 aliphatic carbocycles. The van der Waals surface area contributed by atoms with Crippen molar-refractivity contribution in [1.82, 2.24) is 18.0 Å². The van der Waals surface area contributed by atoms with Crippen molar-refractivity contribution in [3.05, 3.63) is 79.6 Å². The van der Waals surface area contributed by atoms with Gasteiger partial charge in [0.25, 0.3) is 0 Å². The third-order valence-corrected chi connectivity index (χ3v) is 5.28. The van der Waals surface area contributed by atoms with Crippen LogP contribution in [0.5, 0.6) is 0 Å². The zero-order chi connectivity index (χ0) is 13.4. The maximum absolute atomic E-state index is 4.53. The molecule has 0 saturated carbocycles. The molecular weight excluding hydrogens is 267 g/mol. The maximum atomic E-state index is 4.53. The molecule has 0 aromatic carbocycles. The first-order valence-corrected chi connectivity index (χ1v) is 7.62. The lowest BCUT2D eigenvalue weighted by Crippen LogP contribution is -2.05. The fraction of sp³-hybridized carbons (Fsp3) is 0. The van der Waals surface area contributed by atoms with Crippen molar-refractivity contribution >= 4 is 19.4 Å². The molecule has 0 fully saturated rings. The molecule has 4 aromatic rings. The van der Waals surface area contributed by atoms with E-state index in [4.69, 9.17) is 0 Å². The SMILES string of the molecule is c1cnc2c(c1)ccn2P(n1cccc1)n1cccc1. The normalized spacial score (nSPS) is 11.4. The van der Waals surface area contributed by atoms with Gasteiger partial charge in [0, 0.05) is 42.6 Å². The quantitative estimate of drug-likeness (QED) is 0.524. The molecule has 20 heavy (non-hydrogen) atoms. The Balaban J connectivity index is 1.95. The molecule has 0 aliphatic rings. The lowest BCUT2D eigenvalue weighted by atomic mass is 10.3. The van der Waals surface area contributed by atoms with Gasteiger partial charge in [0.05, 0.1) is 0 Å². The van der Waals surface area contributed by atoms with E-state index in [1.807, 2.05) is 12.3 Å². The Bertz CT molecular complexity index is 780. The van der Waals surface area contributed by atoms with Crippen LogP contribution in [0.25, 0.3) is 11.0 Å². The fourth-order valence-corrected chi connectivity index (χ4v) is 4.32. The van der Waals surface area contributed by atoms with Crippen LogP contribution in [-0.2, 0) is 0 Å². The first kappa shape index (κ1) is 11.5. The molecule has 4 rings (SSSR count). The number of aromatic nitrogens is 4. The van der Waals surface area contributed by atoms with Gasteiger partial charge in [-0.05, 0) is 42.5 Å². The molecule has 0 radical (unpaired) electrons. The number of hydrogen-bond donors (Lipinski definition) is 0. The minimum atomic E-state index is -0.747. The molecule has 0 atom stereocenters. The van der Waals surface area contributed by atoms with E-state index in [0.29, 0.717) is 0 Å². The van der Waals surface area contributed by atoms with Crippen LogP contribution in [0.3, 0.4) is 0 Å². The van der Waals surface area contributed by atoms with Crippen LogP contribution in [0, 0.1) is 0 Å². The number of hydrogen-bond acceptors (Lipinski definition) is 1. The highest BCUT2D eigenvalue weighted by Gasteiger charge is 2.17. The number of rotatable bonds is 3. The summed E-state index contributed by atoms with van der Waals surface area (Å²) < 4.78 is 6.69. The van der Waals surface area contributed by atoms with Crippen LogP contribution in [0.4, 0.5) is 0 Å². The van der Waals surface area contributed by atoms with E-state index >= 15 is 0 Å². The first-order valence-electron chi connectivity index (χ1n) is 6.42. The highest BCUT2D eigenvalue weighted by molar-refractivity contribution is 7.53. The maximum Gasteiger partial charge on any atom is 0.221 e. The summed E-state index contributed by atoms with van der Waals surface area (Å²) in [6, 6.07) is 14.4. The highest BCUT2D eigenvalue weighted by atomic mass is 31.1. The van der Waals surface area contributed by atoms with Gasteiger partial charge in [0.2, 0.25) is 8.37 Å². The van der Waals surface area contributed by atoms with Crippen molar-refractivity contribution in [3.8, 4) is 0 Å². The van der Waals surface area contributed by atoms with E-state index in [-0.39, 0.29) is 0 Å². The smallest absolute Gasteiger partial charge is 0.221 e. The van der Waals surface area contributed by atoms with Crippen LogP contribution in [0.2, 0.25) is 0 Å². The average Bonchev–Trinajstić information content (AvgIpc) is 3.22. The molecule has 0 amide bonds. The Morgan fingerprint density at radius 1 is 0.750 bits per heavy atom. The molecular formula is C15H13N4P. The fourth-order valence-electron chi connectivity index (χ4n) is 2.33. The summed E-state index contributed by atoms with van der Waals surface area (Å²) in [5.41, 5.74) is 1.01. The molecule has 98 valence electrons. The van der Waals surface area contributed by atoms with Crippen molar-refractivity contribution in [3.63, 3.8) is 0 Å². The summed E-state index contributed by atoms with van der Waals surface area (Å²) >= 11 is 0. The average molecular weight is 280 g/mol. The third-order valence-electron chi connectivity index (χ3n) is 3.21. The molecule has 0 aliphatic heterocycles. The lowest BCUT2D eigenvalue weighted by molar-refractivity contribution is 1.06. The largest absolute Gasteiger partial charge is 0.298 e. The third kappa shape index (κ3) is 1.77. The van der Waals surface area contributed by atoms with Gasteiger partial charge in [0.1, 0.15) is 5.65 Å². The Kier molecular flexibility index (Phi) is 2.68. The van der Waals surface area contributed by atoms with Gasteiger partial charge in [-0.15, -0.1) is 0 Å². The molecule has 0 spiro atoms. The summed E-state index contributed by atoms with van der Waals surface area (Å²) in [6.07, 6.45) is 12.4. The van der Waals surface area contributed by atoms with Crippen LogP contribution in [-0.4, -0.2) is 18.0 Å². The van der Waals surface area contributed by atoms with Crippen LogP contribution in [0.1, 0.15) is 0 Å². The van der Waals surface area contributed by atoms with E-state index in [1.165, 1.54) is 5.39 Å². The van der Waals surface area contributed by atoms with Gasteiger partial charge in [0.15, 0.2) is 0 Å². The predicted octanol–water partition coefficient (Wildman–Crippen LogP) is 3.81. The second kappa shape index (κ2) is 4.66. The highest BCUT2D eigenvalue weighted by Crippen LogP contribution is 2.42. The van der Waals surface area contributed by atoms with Crippen molar-refractivity contribution in [1.29, 1.82) is 0 Å². The number of pyridine rings is 1. The van der Waals surface area contributed by atoms with Gasteiger partial charge < -0.3 is 0 Å². The predicted molar refractivity (Wildman–Crippen MR) is 81.7 cm³/mol. The van der Waals surface area contributed by atoms with Gasteiger partial charge in [-0.25, -0.2) is 4.98 Å². The van der Waals surface area contributed by atoms with Gasteiger partial charge in [-0.1, -0.05) is 0 Å². The zero-order valence-corrected chi connectivity index (χ0v) is 11.6. The monoisotopic (exact) mass is 280 g/mol. The number of fused-ring (bicyclic) bond motifs is 1. The van der Waals surface area contributed by atoms with Crippen molar-refractivity contribution in [2.45, 2.75) is 0 Å². The van der Waals surface area contributed by atoms with E-state index in [0.717, 1.165) is 5.65 Å². The Hall–Kier alpha value is -2.32. The van der Waals surface area contributed by atoms with Crippen LogP contribution < -0.4 is 0 Å². The van der Waals surface area contributed by atoms with Crippen LogP contribution >= 0.6 is 8.37 Å². The summed E-state index contributed by atoms with van der Waals surface area (Å²) in [4.78, 5) is 4.53. The summed E-state index contributed by atoms with van der Waals surface area (Å²) in [6.45, 7) is 0. The Labute approximate surface area is 117 Å². The molecule has 0 N–H and O–H groups in total.